The topological polar surface area (TPSA) is 93.0 Å². The van der Waals surface area contributed by atoms with Crippen molar-refractivity contribution in [2.24, 2.45) is 5.92 Å². The Labute approximate surface area is 234 Å². The maximum Gasteiger partial charge on any atom is 0.296 e. The molecule has 3 aromatic rings. The predicted octanol–water partition coefficient (Wildman–Crippen LogP) is 5.27. The van der Waals surface area contributed by atoms with Gasteiger partial charge in [-0.15, -0.1) is 0 Å². The minimum Gasteiger partial charge on any atom is -0.378 e. The average Bonchev–Trinajstić information content (AvgIpc) is 3.39. The lowest BCUT2D eigenvalue weighted by atomic mass is 9.83. The van der Waals surface area contributed by atoms with E-state index in [0.29, 0.717) is 61.3 Å². The van der Waals surface area contributed by atoms with Crippen molar-refractivity contribution in [1.82, 2.24) is 29.8 Å². The summed E-state index contributed by atoms with van der Waals surface area (Å²) in [6.07, 6.45) is 8.20. The second kappa shape index (κ2) is 12.3. The summed E-state index contributed by atoms with van der Waals surface area (Å²) in [5.74, 6) is 1.45. The molecule has 3 fully saturated rings. The van der Waals surface area contributed by atoms with Gasteiger partial charge in [0.05, 0.1) is 24.2 Å². The molecule has 1 aromatic carbocycles. The molecule has 1 saturated heterocycles. The van der Waals surface area contributed by atoms with Crippen LogP contribution in [0.1, 0.15) is 77.0 Å². The zero-order valence-electron chi connectivity index (χ0n) is 23.2. The van der Waals surface area contributed by atoms with Crippen molar-refractivity contribution < 1.29 is 13.5 Å². The number of hydrogen-bond donors (Lipinski definition) is 2. The van der Waals surface area contributed by atoms with Gasteiger partial charge < -0.3 is 20.3 Å². The molecule has 2 N–H and O–H groups in total. The van der Waals surface area contributed by atoms with Gasteiger partial charge in [-0.2, -0.15) is 15.0 Å². The summed E-state index contributed by atoms with van der Waals surface area (Å²) < 4.78 is 35.1. The number of hydrogen-bond acceptors (Lipinski definition) is 8. The highest BCUT2D eigenvalue weighted by molar-refractivity contribution is 5.77. The van der Waals surface area contributed by atoms with Gasteiger partial charge in [-0.05, 0) is 63.5 Å². The van der Waals surface area contributed by atoms with Crippen LogP contribution in [-0.2, 0) is 4.74 Å². The van der Waals surface area contributed by atoms with Gasteiger partial charge in [0, 0.05) is 31.2 Å². The van der Waals surface area contributed by atoms with E-state index in [9.17, 15) is 8.78 Å². The normalized spacial score (nSPS) is 23.6. The van der Waals surface area contributed by atoms with Crippen LogP contribution in [0.5, 0.6) is 0 Å². The van der Waals surface area contributed by atoms with Crippen LogP contribution in [0.4, 0.5) is 20.7 Å². The molecule has 216 valence electrons. The van der Waals surface area contributed by atoms with E-state index in [4.69, 9.17) is 9.72 Å². The Balaban J connectivity index is 1.21. The number of morpholine rings is 1. The highest BCUT2D eigenvalue weighted by Crippen LogP contribution is 2.30. The van der Waals surface area contributed by atoms with Crippen molar-refractivity contribution in [1.29, 1.82) is 0 Å². The summed E-state index contributed by atoms with van der Waals surface area (Å²) in [4.78, 5) is 20.3. The molecule has 2 saturated carbocycles. The highest BCUT2D eigenvalue weighted by atomic mass is 19.3. The zero-order valence-corrected chi connectivity index (χ0v) is 23.2. The van der Waals surface area contributed by atoms with E-state index in [0.717, 1.165) is 31.6 Å². The third kappa shape index (κ3) is 6.05. The van der Waals surface area contributed by atoms with E-state index < -0.39 is 6.43 Å². The molecule has 2 aromatic heterocycles. The van der Waals surface area contributed by atoms with Crippen molar-refractivity contribution in [2.75, 3.05) is 36.5 Å². The number of rotatable bonds is 8. The standard InChI is InChI=1S/C29H40F2N8O/c1-19(20-7-3-2-4-8-20)32-21-11-13-22(14-12-21)33-27-35-28(38-15-17-40-18-16-38)37-29(36-27)39-24-10-6-5-9-23(24)34-26(39)25(30)31/h5-6,9-10,19-22,25,32H,2-4,7-8,11-18H2,1H3,(H,33,35,36,37). The van der Waals surface area contributed by atoms with Gasteiger partial charge in [0.15, 0.2) is 5.82 Å². The van der Waals surface area contributed by atoms with Crippen molar-refractivity contribution in [3.05, 3.63) is 30.1 Å². The first-order valence-electron chi connectivity index (χ1n) is 14.9. The van der Waals surface area contributed by atoms with Crippen LogP contribution in [0.3, 0.4) is 0 Å². The van der Waals surface area contributed by atoms with Gasteiger partial charge in [-0.1, -0.05) is 31.4 Å². The Bertz CT molecular complexity index is 1270. The van der Waals surface area contributed by atoms with Crippen LogP contribution < -0.4 is 15.5 Å². The summed E-state index contributed by atoms with van der Waals surface area (Å²) in [6, 6.07) is 8.38. The minimum absolute atomic E-state index is 0.152. The number of aromatic nitrogens is 5. The van der Waals surface area contributed by atoms with Crippen molar-refractivity contribution in [2.45, 2.75) is 89.3 Å². The first-order chi connectivity index (χ1) is 19.5. The predicted molar refractivity (Wildman–Crippen MR) is 151 cm³/mol. The molecular weight excluding hydrogens is 514 g/mol. The molecule has 1 aliphatic heterocycles. The maximum atomic E-state index is 14.1. The van der Waals surface area contributed by atoms with E-state index in [-0.39, 0.29) is 17.8 Å². The molecule has 9 nitrogen and oxygen atoms in total. The first-order valence-corrected chi connectivity index (χ1v) is 14.9. The molecule has 0 spiro atoms. The fourth-order valence-electron chi connectivity index (χ4n) is 6.55. The van der Waals surface area contributed by atoms with E-state index >= 15 is 0 Å². The molecule has 3 heterocycles. The number of fused-ring (bicyclic) bond motifs is 1. The Morgan fingerprint density at radius 1 is 0.850 bits per heavy atom. The fourth-order valence-corrected chi connectivity index (χ4v) is 6.55. The molecule has 3 aliphatic rings. The molecule has 0 amide bonds. The number of anilines is 2. The number of para-hydroxylation sites is 2. The van der Waals surface area contributed by atoms with Crippen molar-refractivity contribution >= 4 is 22.9 Å². The third-order valence-corrected chi connectivity index (χ3v) is 8.80. The number of nitrogens with zero attached hydrogens (tertiary/aromatic N) is 6. The number of nitrogens with one attached hydrogen (secondary N) is 2. The average molecular weight is 555 g/mol. The van der Waals surface area contributed by atoms with Crippen LogP contribution in [0.15, 0.2) is 24.3 Å². The van der Waals surface area contributed by atoms with E-state index in [1.807, 2.05) is 4.90 Å². The van der Waals surface area contributed by atoms with Crippen LogP contribution in [-0.4, -0.2) is 68.9 Å². The smallest absolute Gasteiger partial charge is 0.296 e. The lowest BCUT2D eigenvalue weighted by Crippen LogP contribution is -2.44. The van der Waals surface area contributed by atoms with Gasteiger partial charge in [0.2, 0.25) is 17.8 Å². The highest BCUT2D eigenvalue weighted by Gasteiger charge is 2.28. The van der Waals surface area contributed by atoms with Crippen LogP contribution in [0.2, 0.25) is 0 Å². The maximum absolute atomic E-state index is 14.1. The third-order valence-electron chi connectivity index (χ3n) is 8.80. The van der Waals surface area contributed by atoms with Crippen molar-refractivity contribution in [3.8, 4) is 5.95 Å². The molecule has 40 heavy (non-hydrogen) atoms. The van der Waals surface area contributed by atoms with Crippen LogP contribution in [0, 0.1) is 5.92 Å². The summed E-state index contributed by atoms with van der Waals surface area (Å²) in [5.41, 5.74) is 1.02. The largest absolute Gasteiger partial charge is 0.378 e. The zero-order chi connectivity index (χ0) is 27.5. The molecule has 0 bridgehead atoms. The lowest BCUT2D eigenvalue weighted by Gasteiger charge is -2.35. The number of imidazole rings is 1. The first kappa shape index (κ1) is 27.3. The number of alkyl halides is 2. The fraction of sp³-hybridized carbons (Fsp3) is 0.655. The van der Waals surface area contributed by atoms with Crippen LogP contribution >= 0.6 is 0 Å². The molecule has 11 heteroatoms. The lowest BCUT2D eigenvalue weighted by molar-refractivity contribution is 0.122. The van der Waals surface area contributed by atoms with E-state index in [1.54, 1.807) is 24.3 Å². The summed E-state index contributed by atoms with van der Waals surface area (Å²) in [6.45, 7) is 4.75. The summed E-state index contributed by atoms with van der Waals surface area (Å²) in [7, 11) is 0. The Kier molecular flexibility index (Phi) is 8.38. The van der Waals surface area contributed by atoms with Crippen LogP contribution in [0.25, 0.3) is 17.0 Å². The number of halogens is 2. The van der Waals surface area contributed by atoms with E-state index in [1.165, 1.54) is 36.7 Å². The minimum atomic E-state index is -2.77. The second-order valence-corrected chi connectivity index (χ2v) is 11.5. The van der Waals surface area contributed by atoms with Gasteiger partial charge in [-0.25, -0.2) is 13.8 Å². The summed E-state index contributed by atoms with van der Waals surface area (Å²) >= 11 is 0. The van der Waals surface area contributed by atoms with Gasteiger partial charge in [-0.3, -0.25) is 4.57 Å². The quantitative estimate of drug-likeness (QED) is 0.389. The Hall–Kier alpha value is -2.92. The Morgan fingerprint density at radius 2 is 1.55 bits per heavy atom. The molecule has 0 radical (unpaired) electrons. The second-order valence-electron chi connectivity index (χ2n) is 11.5. The van der Waals surface area contributed by atoms with Gasteiger partial charge >= 0.3 is 0 Å². The number of benzene rings is 1. The SMILES string of the molecule is CC(NC1CCC(Nc2nc(N3CCOCC3)nc(-n3c(C(F)F)nc4ccccc43)n2)CC1)C1CCCCC1. The molecule has 1 atom stereocenters. The molecular formula is C29H40F2N8O. The van der Waals surface area contributed by atoms with Crippen molar-refractivity contribution in [3.63, 3.8) is 0 Å². The molecule has 6 rings (SSSR count). The molecule has 1 unspecified atom stereocenters. The molecule has 2 aliphatic carbocycles. The van der Waals surface area contributed by atoms with Gasteiger partial charge in [0.25, 0.3) is 6.43 Å². The van der Waals surface area contributed by atoms with Gasteiger partial charge in [0.1, 0.15) is 0 Å². The number of ether oxygens (including phenoxy) is 1. The Morgan fingerprint density at radius 3 is 2.30 bits per heavy atom. The van der Waals surface area contributed by atoms with E-state index in [2.05, 4.69) is 32.5 Å². The monoisotopic (exact) mass is 554 g/mol. The summed E-state index contributed by atoms with van der Waals surface area (Å²) in [5, 5.41) is 7.45.